The molecule has 0 heterocycles. The van der Waals surface area contributed by atoms with Crippen LogP contribution in [-0.2, 0) is 0 Å². The molecule has 0 radical (unpaired) electrons. The molecular weight excluding hydrogens is 457 g/mol. The molecule has 29 heavy (non-hydrogen) atoms. The number of benzene rings is 3. The van der Waals surface area contributed by atoms with E-state index in [0.717, 1.165) is 5.56 Å². The van der Waals surface area contributed by atoms with Crippen LogP contribution < -0.4 is 15.5 Å². The maximum atomic E-state index is 12.9. The lowest BCUT2D eigenvalue weighted by molar-refractivity contribution is 0.0734. The van der Waals surface area contributed by atoms with Crippen molar-refractivity contribution < 1.29 is 13.9 Å². The molecule has 3 aromatic rings. The molecule has 0 saturated carbocycles. The van der Waals surface area contributed by atoms with Crippen LogP contribution in [0, 0.1) is 5.82 Å². The lowest BCUT2D eigenvalue weighted by Crippen LogP contribution is -2.23. The van der Waals surface area contributed by atoms with Gasteiger partial charge in [0.25, 0.3) is 0 Å². The van der Waals surface area contributed by atoms with E-state index in [1.807, 2.05) is 6.07 Å². The van der Waals surface area contributed by atoms with Crippen molar-refractivity contribution in [2.24, 2.45) is 5.10 Å². The van der Waals surface area contributed by atoms with E-state index in [1.165, 1.54) is 12.1 Å². The minimum atomic E-state index is -0.447. The molecule has 0 amide bonds. The van der Waals surface area contributed by atoms with Gasteiger partial charge in [-0.3, -0.25) is 5.43 Å². The smallest absolute Gasteiger partial charge is 0.344 e. The van der Waals surface area contributed by atoms with Crippen LogP contribution in [0.3, 0.4) is 0 Å². The Morgan fingerprint density at radius 3 is 2.41 bits per heavy atom. The van der Waals surface area contributed by atoms with E-state index in [4.69, 9.17) is 17.0 Å². The predicted octanol–water partition coefficient (Wildman–Crippen LogP) is 5.13. The number of anilines is 1. The molecule has 0 aliphatic heterocycles. The second kappa shape index (κ2) is 9.90. The van der Waals surface area contributed by atoms with Crippen molar-refractivity contribution in [3.05, 3.63) is 94.2 Å². The van der Waals surface area contributed by atoms with Crippen LogP contribution in [0.4, 0.5) is 10.1 Å². The SMILES string of the molecule is O=C(Oc1ccc(/C=N/NC(=S)Nc2ccc(F)cc2)cc1)c1ccccc1Br. The van der Waals surface area contributed by atoms with Crippen LogP contribution >= 0.6 is 28.1 Å². The standard InChI is InChI=1S/C21H15BrFN3O2S/c22-19-4-2-1-3-18(19)20(27)28-17-11-5-14(6-12-17)13-24-26-21(29)25-16-9-7-15(23)8-10-16/h1-13H,(H2,25,26,29)/b24-13+. The summed E-state index contributed by atoms with van der Waals surface area (Å²) in [6.45, 7) is 0. The van der Waals surface area contributed by atoms with Gasteiger partial charge in [0, 0.05) is 10.2 Å². The first kappa shape index (κ1) is 20.6. The molecule has 146 valence electrons. The first-order chi connectivity index (χ1) is 14.0. The highest BCUT2D eigenvalue weighted by Crippen LogP contribution is 2.19. The summed E-state index contributed by atoms with van der Waals surface area (Å²) >= 11 is 8.45. The number of carbonyl (C=O) groups is 1. The minimum absolute atomic E-state index is 0.270. The molecule has 0 spiro atoms. The minimum Gasteiger partial charge on any atom is -0.423 e. The Hall–Kier alpha value is -3.10. The number of rotatable bonds is 5. The summed E-state index contributed by atoms with van der Waals surface area (Å²) in [4.78, 5) is 12.2. The zero-order valence-electron chi connectivity index (χ0n) is 14.9. The Bertz CT molecular complexity index is 1040. The Balaban J connectivity index is 1.52. The van der Waals surface area contributed by atoms with Gasteiger partial charge in [-0.1, -0.05) is 12.1 Å². The molecule has 3 aromatic carbocycles. The fourth-order valence-corrected chi connectivity index (χ4v) is 2.89. The Morgan fingerprint density at radius 1 is 1.03 bits per heavy atom. The van der Waals surface area contributed by atoms with E-state index < -0.39 is 5.97 Å². The van der Waals surface area contributed by atoms with Crippen molar-refractivity contribution in [3.8, 4) is 5.75 Å². The summed E-state index contributed by atoms with van der Waals surface area (Å²) in [6, 6.07) is 19.7. The summed E-state index contributed by atoms with van der Waals surface area (Å²) in [6.07, 6.45) is 1.57. The zero-order valence-corrected chi connectivity index (χ0v) is 17.3. The quantitative estimate of drug-likeness (QED) is 0.177. The third-order valence-corrected chi connectivity index (χ3v) is 4.55. The molecule has 8 heteroatoms. The Kier molecular flexibility index (Phi) is 7.04. The third kappa shape index (κ3) is 6.20. The lowest BCUT2D eigenvalue weighted by atomic mass is 10.2. The van der Waals surface area contributed by atoms with E-state index in [0.29, 0.717) is 21.5 Å². The monoisotopic (exact) mass is 471 g/mol. The van der Waals surface area contributed by atoms with Gasteiger partial charge in [-0.2, -0.15) is 5.10 Å². The average Bonchev–Trinajstić information content (AvgIpc) is 2.71. The summed E-state index contributed by atoms with van der Waals surface area (Å²) in [5.74, 6) is -0.347. The number of halogens is 2. The van der Waals surface area contributed by atoms with Gasteiger partial charge in [-0.05, 0) is 94.4 Å². The second-order valence-corrected chi connectivity index (χ2v) is 7.03. The molecule has 0 aromatic heterocycles. The fourth-order valence-electron chi connectivity index (χ4n) is 2.27. The highest BCUT2D eigenvalue weighted by Gasteiger charge is 2.11. The Morgan fingerprint density at radius 2 is 1.72 bits per heavy atom. The van der Waals surface area contributed by atoms with Crippen LogP contribution in [0.15, 0.2) is 82.4 Å². The average molecular weight is 472 g/mol. The van der Waals surface area contributed by atoms with E-state index in [9.17, 15) is 9.18 Å². The number of esters is 1. The number of hydrogen-bond acceptors (Lipinski definition) is 4. The van der Waals surface area contributed by atoms with Crippen molar-refractivity contribution in [1.82, 2.24) is 5.43 Å². The third-order valence-electron chi connectivity index (χ3n) is 3.67. The highest BCUT2D eigenvalue weighted by atomic mass is 79.9. The number of ether oxygens (including phenoxy) is 1. The van der Waals surface area contributed by atoms with Crippen molar-refractivity contribution in [2.45, 2.75) is 0 Å². The van der Waals surface area contributed by atoms with Crippen LogP contribution in [0.25, 0.3) is 0 Å². The highest BCUT2D eigenvalue weighted by molar-refractivity contribution is 9.10. The number of nitrogens with one attached hydrogen (secondary N) is 2. The number of carbonyl (C=O) groups excluding carboxylic acids is 1. The molecule has 3 rings (SSSR count). The van der Waals surface area contributed by atoms with Crippen LogP contribution in [0.5, 0.6) is 5.75 Å². The first-order valence-corrected chi connectivity index (χ1v) is 9.64. The van der Waals surface area contributed by atoms with E-state index in [-0.39, 0.29) is 10.9 Å². The van der Waals surface area contributed by atoms with Crippen LogP contribution in [-0.4, -0.2) is 17.3 Å². The van der Waals surface area contributed by atoms with Crippen molar-refractivity contribution in [1.29, 1.82) is 0 Å². The van der Waals surface area contributed by atoms with E-state index >= 15 is 0 Å². The van der Waals surface area contributed by atoms with Gasteiger partial charge in [-0.15, -0.1) is 0 Å². The number of thiocarbonyl (C=S) groups is 1. The van der Waals surface area contributed by atoms with E-state index in [1.54, 1.807) is 60.8 Å². The predicted molar refractivity (Wildman–Crippen MR) is 119 cm³/mol. The molecular formula is C21H15BrFN3O2S. The molecule has 0 aliphatic rings. The normalized spacial score (nSPS) is 10.6. The van der Waals surface area contributed by atoms with Gasteiger partial charge in [0.1, 0.15) is 11.6 Å². The number of hydrazone groups is 1. The largest absolute Gasteiger partial charge is 0.423 e. The topological polar surface area (TPSA) is 62.7 Å². The van der Waals surface area contributed by atoms with Crippen LogP contribution in [0.2, 0.25) is 0 Å². The van der Waals surface area contributed by atoms with Gasteiger partial charge in [0.2, 0.25) is 0 Å². The second-order valence-electron chi connectivity index (χ2n) is 5.77. The van der Waals surface area contributed by atoms with Gasteiger partial charge in [-0.25, -0.2) is 9.18 Å². The van der Waals surface area contributed by atoms with Gasteiger partial charge >= 0.3 is 5.97 Å². The summed E-state index contributed by atoms with van der Waals surface area (Å²) < 4.78 is 18.9. The fraction of sp³-hybridized carbons (Fsp3) is 0. The molecule has 0 atom stereocenters. The number of hydrogen-bond donors (Lipinski definition) is 2. The molecule has 0 unspecified atom stereocenters. The van der Waals surface area contributed by atoms with Crippen molar-refractivity contribution in [2.75, 3.05) is 5.32 Å². The van der Waals surface area contributed by atoms with Gasteiger partial charge in [0.05, 0.1) is 11.8 Å². The Labute approximate surface area is 180 Å². The summed E-state index contributed by atoms with van der Waals surface area (Å²) in [5.41, 5.74) is 4.55. The molecule has 0 fully saturated rings. The first-order valence-electron chi connectivity index (χ1n) is 8.44. The van der Waals surface area contributed by atoms with Crippen LogP contribution in [0.1, 0.15) is 15.9 Å². The maximum absolute atomic E-state index is 12.9. The zero-order chi connectivity index (χ0) is 20.6. The maximum Gasteiger partial charge on any atom is 0.344 e. The molecule has 5 nitrogen and oxygen atoms in total. The van der Waals surface area contributed by atoms with Gasteiger partial charge < -0.3 is 10.1 Å². The number of nitrogens with zero attached hydrogens (tertiary/aromatic N) is 1. The molecule has 2 N–H and O–H groups in total. The summed E-state index contributed by atoms with van der Waals surface area (Å²) in [5, 5.41) is 7.19. The molecule has 0 aliphatic carbocycles. The van der Waals surface area contributed by atoms with Gasteiger partial charge in [0.15, 0.2) is 5.11 Å². The summed E-state index contributed by atoms with van der Waals surface area (Å²) in [7, 11) is 0. The van der Waals surface area contributed by atoms with E-state index in [2.05, 4.69) is 31.8 Å². The lowest BCUT2D eigenvalue weighted by Gasteiger charge is -2.07. The van der Waals surface area contributed by atoms with Crippen molar-refractivity contribution in [3.63, 3.8) is 0 Å². The molecule has 0 bridgehead atoms. The molecule has 0 saturated heterocycles. The van der Waals surface area contributed by atoms with Crippen molar-refractivity contribution >= 4 is 51.1 Å².